The van der Waals surface area contributed by atoms with Crippen LogP contribution < -0.4 is 10.6 Å². The molecule has 2 heterocycles. The van der Waals surface area contributed by atoms with Crippen molar-refractivity contribution in [3.8, 4) is 0 Å². The molecule has 3 N–H and O–H groups in total. The molecule has 1 aromatic rings. The molecule has 1 aromatic heterocycles. The summed E-state index contributed by atoms with van der Waals surface area (Å²) in [6.45, 7) is 1.82. The summed E-state index contributed by atoms with van der Waals surface area (Å²) in [5, 5.41) is 17.1. The number of nitrogens with zero attached hydrogens (tertiary/aromatic N) is 3. The van der Waals surface area contributed by atoms with Gasteiger partial charge in [0.25, 0.3) is 5.91 Å². The molecule has 2 aliphatic rings. The van der Waals surface area contributed by atoms with Crippen molar-refractivity contribution in [1.29, 1.82) is 0 Å². The molecule has 1 amide bonds. The van der Waals surface area contributed by atoms with Gasteiger partial charge in [-0.05, 0) is 25.0 Å². The summed E-state index contributed by atoms with van der Waals surface area (Å²) in [4.78, 5) is 12.9. The number of nitrogens with two attached hydrogens (primary N) is 1. The standard InChI is InChI=1S/C11H14N4O2/c12-10(17)8-1-2-9(14-13-8)15-5-11(6-15)3-7(16)4-11/h1-2,7,16H,3-6H2,(H2,12,17). The third-order valence-corrected chi connectivity index (χ3v) is 3.62. The molecule has 0 aromatic carbocycles. The summed E-state index contributed by atoms with van der Waals surface area (Å²) in [5.41, 5.74) is 5.57. The van der Waals surface area contributed by atoms with E-state index in [1.54, 1.807) is 12.1 Å². The molecule has 17 heavy (non-hydrogen) atoms. The first kappa shape index (κ1) is 10.5. The van der Waals surface area contributed by atoms with Gasteiger partial charge in [-0.25, -0.2) is 0 Å². The number of aliphatic hydroxyl groups is 1. The molecule has 1 spiro atoms. The van der Waals surface area contributed by atoms with Crippen molar-refractivity contribution >= 4 is 11.7 Å². The Morgan fingerprint density at radius 3 is 2.59 bits per heavy atom. The van der Waals surface area contributed by atoms with E-state index in [2.05, 4.69) is 15.1 Å². The Hall–Kier alpha value is -1.69. The van der Waals surface area contributed by atoms with Gasteiger partial charge in [0, 0.05) is 18.5 Å². The number of anilines is 1. The number of amides is 1. The van der Waals surface area contributed by atoms with Gasteiger partial charge < -0.3 is 15.7 Å². The van der Waals surface area contributed by atoms with Crippen LogP contribution in [0.25, 0.3) is 0 Å². The fourth-order valence-electron chi connectivity index (χ4n) is 2.75. The van der Waals surface area contributed by atoms with Crippen LogP contribution >= 0.6 is 0 Å². The number of aliphatic hydroxyl groups excluding tert-OH is 1. The van der Waals surface area contributed by atoms with Crippen molar-refractivity contribution in [2.24, 2.45) is 11.1 Å². The Morgan fingerprint density at radius 2 is 2.12 bits per heavy atom. The lowest BCUT2D eigenvalue weighted by Crippen LogP contribution is -2.64. The maximum absolute atomic E-state index is 10.8. The minimum atomic E-state index is -0.564. The van der Waals surface area contributed by atoms with Crippen LogP contribution in [0.1, 0.15) is 23.3 Å². The molecular formula is C11H14N4O2. The number of hydrogen-bond donors (Lipinski definition) is 2. The first-order valence-corrected chi connectivity index (χ1v) is 5.65. The fraction of sp³-hybridized carbons (Fsp3) is 0.545. The van der Waals surface area contributed by atoms with Gasteiger partial charge in [0.1, 0.15) is 0 Å². The van der Waals surface area contributed by atoms with Crippen LogP contribution in [0, 0.1) is 5.41 Å². The highest BCUT2D eigenvalue weighted by molar-refractivity contribution is 5.90. The van der Waals surface area contributed by atoms with Gasteiger partial charge >= 0.3 is 0 Å². The molecule has 1 aliphatic carbocycles. The first-order valence-electron chi connectivity index (χ1n) is 5.65. The SMILES string of the molecule is NC(=O)c1ccc(N2CC3(CC(O)C3)C2)nn1. The number of carbonyl (C=O) groups excluding carboxylic acids is 1. The smallest absolute Gasteiger partial charge is 0.269 e. The normalized spacial score (nSPS) is 22.1. The van der Waals surface area contributed by atoms with Crippen LogP contribution in [0.15, 0.2) is 12.1 Å². The summed E-state index contributed by atoms with van der Waals surface area (Å²) in [6, 6.07) is 3.35. The highest BCUT2D eigenvalue weighted by Crippen LogP contribution is 2.49. The summed E-state index contributed by atoms with van der Waals surface area (Å²) in [7, 11) is 0. The monoisotopic (exact) mass is 234 g/mol. The van der Waals surface area contributed by atoms with Gasteiger partial charge in [0.2, 0.25) is 0 Å². The number of aromatic nitrogens is 2. The van der Waals surface area contributed by atoms with Crippen LogP contribution in [0.2, 0.25) is 0 Å². The molecule has 0 bridgehead atoms. The van der Waals surface area contributed by atoms with Crippen molar-refractivity contribution in [3.05, 3.63) is 17.8 Å². The number of carbonyl (C=O) groups is 1. The molecule has 90 valence electrons. The van der Waals surface area contributed by atoms with E-state index in [1.807, 2.05) is 0 Å². The predicted octanol–water partition coefficient (Wildman–Crippen LogP) is -0.463. The van der Waals surface area contributed by atoms with Crippen molar-refractivity contribution in [2.75, 3.05) is 18.0 Å². The molecule has 6 nitrogen and oxygen atoms in total. The quantitative estimate of drug-likeness (QED) is 0.722. The maximum Gasteiger partial charge on any atom is 0.269 e. The highest BCUT2D eigenvalue weighted by Gasteiger charge is 2.52. The number of rotatable bonds is 2. The molecular weight excluding hydrogens is 220 g/mol. The molecule has 1 aliphatic heterocycles. The lowest BCUT2D eigenvalue weighted by Gasteiger charge is -2.58. The van der Waals surface area contributed by atoms with Crippen molar-refractivity contribution in [3.63, 3.8) is 0 Å². The lowest BCUT2D eigenvalue weighted by atomic mass is 9.62. The predicted molar refractivity (Wildman–Crippen MR) is 60.4 cm³/mol. The zero-order valence-corrected chi connectivity index (χ0v) is 9.33. The maximum atomic E-state index is 10.8. The van der Waals surface area contributed by atoms with Gasteiger partial charge in [-0.15, -0.1) is 10.2 Å². The van der Waals surface area contributed by atoms with Gasteiger partial charge in [-0.3, -0.25) is 4.79 Å². The Bertz CT molecular complexity index is 445. The largest absolute Gasteiger partial charge is 0.393 e. The van der Waals surface area contributed by atoms with E-state index in [0.717, 1.165) is 31.7 Å². The molecule has 0 atom stereocenters. The lowest BCUT2D eigenvalue weighted by molar-refractivity contribution is -0.0495. The third-order valence-electron chi connectivity index (χ3n) is 3.62. The minimum absolute atomic E-state index is 0.125. The summed E-state index contributed by atoms with van der Waals surface area (Å²) >= 11 is 0. The van der Waals surface area contributed by atoms with Gasteiger partial charge in [0.05, 0.1) is 6.10 Å². The Kier molecular flexibility index (Phi) is 2.09. The van der Waals surface area contributed by atoms with Crippen LogP contribution in [-0.2, 0) is 0 Å². The van der Waals surface area contributed by atoms with E-state index in [-0.39, 0.29) is 11.8 Å². The van der Waals surface area contributed by atoms with E-state index in [0.29, 0.717) is 5.41 Å². The molecule has 1 saturated carbocycles. The van der Waals surface area contributed by atoms with Gasteiger partial charge in [-0.2, -0.15) is 0 Å². The van der Waals surface area contributed by atoms with Crippen LogP contribution in [0.5, 0.6) is 0 Å². The third kappa shape index (κ3) is 1.64. The average Bonchev–Trinajstić information content (AvgIpc) is 2.21. The second-order valence-electron chi connectivity index (χ2n) is 5.06. The average molecular weight is 234 g/mol. The fourth-order valence-corrected chi connectivity index (χ4v) is 2.75. The Labute approximate surface area is 98.4 Å². The molecule has 3 rings (SSSR count). The molecule has 6 heteroatoms. The van der Waals surface area contributed by atoms with Crippen LogP contribution in [0.3, 0.4) is 0 Å². The Balaban J connectivity index is 1.65. The van der Waals surface area contributed by atoms with Crippen LogP contribution in [-0.4, -0.2) is 40.4 Å². The van der Waals surface area contributed by atoms with E-state index in [9.17, 15) is 9.90 Å². The topological polar surface area (TPSA) is 92.3 Å². The summed E-state index contributed by atoms with van der Waals surface area (Å²) < 4.78 is 0. The molecule has 0 radical (unpaired) electrons. The van der Waals surface area contributed by atoms with E-state index in [1.165, 1.54) is 0 Å². The first-order chi connectivity index (χ1) is 8.08. The molecule has 0 unspecified atom stereocenters. The zero-order valence-electron chi connectivity index (χ0n) is 9.33. The summed E-state index contributed by atoms with van der Waals surface area (Å²) in [5.74, 6) is 0.202. The van der Waals surface area contributed by atoms with Gasteiger partial charge in [0.15, 0.2) is 11.5 Å². The van der Waals surface area contributed by atoms with Crippen LogP contribution in [0.4, 0.5) is 5.82 Å². The van der Waals surface area contributed by atoms with Gasteiger partial charge in [-0.1, -0.05) is 0 Å². The second-order valence-corrected chi connectivity index (χ2v) is 5.06. The van der Waals surface area contributed by atoms with E-state index in [4.69, 9.17) is 5.73 Å². The van der Waals surface area contributed by atoms with E-state index >= 15 is 0 Å². The summed E-state index contributed by atoms with van der Waals surface area (Å²) in [6.07, 6.45) is 1.65. The second kappa shape index (κ2) is 3.40. The zero-order chi connectivity index (χ0) is 12.0. The highest BCUT2D eigenvalue weighted by atomic mass is 16.3. The molecule has 1 saturated heterocycles. The minimum Gasteiger partial charge on any atom is -0.393 e. The Morgan fingerprint density at radius 1 is 1.41 bits per heavy atom. The number of primary amides is 1. The molecule has 2 fully saturated rings. The van der Waals surface area contributed by atoms with Crippen molar-refractivity contribution in [2.45, 2.75) is 18.9 Å². The van der Waals surface area contributed by atoms with Crippen molar-refractivity contribution in [1.82, 2.24) is 10.2 Å². The number of hydrogen-bond acceptors (Lipinski definition) is 5. The van der Waals surface area contributed by atoms with E-state index < -0.39 is 5.91 Å². The van der Waals surface area contributed by atoms with Crippen molar-refractivity contribution < 1.29 is 9.90 Å².